The Bertz CT molecular complexity index is 785. The fourth-order valence-electron chi connectivity index (χ4n) is 5.35. The van der Waals surface area contributed by atoms with Crippen molar-refractivity contribution < 1.29 is 43.8 Å². The van der Waals surface area contributed by atoms with E-state index in [1.165, 1.54) is 0 Å². The second-order valence-corrected chi connectivity index (χ2v) is 11.4. The molecule has 0 bridgehead atoms. The van der Waals surface area contributed by atoms with E-state index in [0.29, 0.717) is 25.7 Å². The molecule has 0 aromatic heterocycles. The molecule has 13 atom stereocenters. The molecule has 1 saturated carbocycles. The Hall–Kier alpha value is -1.04. The van der Waals surface area contributed by atoms with Crippen LogP contribution in [0.2, 0.25) is 0 Å². The number of alkyl halides is 1. The summed E-state index contributed by atoms with van der Waals surface area (Å²) in [7, 11) is 0. The summed E-state index contributed by atoms with van der Waals surface area (Å²) in [5, 5.41) is 53.7. The van der Waals surface area contributed by atoms with Crippen LogP contribution in [0, 0.1) is 11.3 Å². The van der Waals surface area contributed by atoms with E-state index in [4.69, 9.17) is 41.6 Å². The van der Waals surface area contributed by atoms with Gasteiger partial charge in [0.2, 0.25) is 0 Å². The molecule has 7 unspecified atom stereocenters. The number of rotatable bonds is 11. The van der Waals surface area contributed by atoms with Gasteiger partial charge in [-0.05, 0) is 45.4 Å². The van der Waals surface area contributed by atoms with Crippen molar-refractivity contribution in [3.63, 3.8) is 0 Å². The van der Waals surface area contributed by atoms with E-state index < -0.39 is 72.7 Å². The zero-order valence-corrected chi connectivity index (χ0v) is 22.8. The highest BCUT2D eigenvalue weighted by molar-refractivity contribution is 5.83. The van der Waals surface area contributed by atoms with Crippen LogP contribution in [0.1, 0.15) is 52.4 Å². The van der Waals surface area contributed by atoms with E-state index in [1.54, 1.807) is 13.8 Å². The third-order valence-electron chi connectivity index (χ3n) is 8.22. The lowest BCUT2D eigenvalue weighted by atomic mass is 9.82. The van der Waals surface area contributed by atoms with Gasteiger partial charge < -0.3 is 61.9 Å². The second kappa shape index (κ2) is 14.2. The van der Waals surface area contributed by atoms with Gasteiger partial charge >= 0.3 is 0 Å². The van der Waals surface area contributed by atoms with Crippen molar-refractivity contribution in [2.45, 2.75) is 125 Å². The van der Waals surface area contributed by atoms with E-state index >= 15 is 0 Å². The standard InChI is InChI=1S/C25H48FN5O8/c1-12-18(33)24(36-11-25(12,2)35)39-21-16(31-22(30)17(32)10-27)9-15(29)20(19(21)34)38-23-14(28)7-6-13(37-23)5-3-4-8-26/h12-21,23-24,32-35H,3-11,27-29H2,1-2H3,(H2,30,31)/t12-,13-,14?,15+,16-,17?,18?,19?,20?,21?,23-,24-,25?/m1/s1. The molecule has 3 fully saturated rings. The molecule has 0 aromatic carbocycles. The lowest BCUT2D eigenvalue weighted by molar-refractivity contribution is -0.313. The summed E-state index contributed by atoms with van der Waals surface area (Å²) < 4.78 is 36.4. The molecule has 39 heavy (non-hydrogen) atoms. The maximum atomic E-state index is 12.5. The van der Waals surface area contributed by atoms with Crippen LogP contribution in [0.5, 0.6) is 0 Å². The van der Waals surface area contributed by atoms with Gasteiger partial charge in [0.1, 0.15) is 36.4 Å². The Morgan fingerprint density at radius 1 is 1.13 bits per heavy atom. The molecular formula is C25H48FN5O8. The van der Waals surface area contributed by atoms with E-state index in [9.17, 15) is 24.8 Å². The quantitative estimate of drug-likeness (QED) is 0.0766. The van der Waals surface area contributed by atoms with Gasteiger partial charge in [0.15, 0.2) is 12.6 Å². The molecule has 3 rings (SSSR count). The lowest BCUT2D eigenvalue weighted by Crippen LogP contribution is -2.68. The maximum absolute atomic E-state index is 12.5. The predicted molar refractivity (Wildman–Crippen MR) is 139 cm³/mol. The van der Waals surface area contributed by atoms with Crippen molar-refractivity contribution in [1.82, 2.24) is 5.32 Å². The molecule has 1 aliphatic carbocycles. The Balaban J connectivity index is 1.76. The maximum Gasteiger partial charge on any atom is 0.184 e. The van der Waals surface area contributed by atoms with Crippen LogP contribution in [0.15, 0.2) is 0 Å². The van der Waals surface area contributed by atoms with Crippen molar-refractivity contribution in [3.05, 3.63) is 0 Å². The van der Waals surface area contributed by atoms with Crippen LogP contribution in [-0.4, -0.2) is 119 Å². The van der Waals surface area contributed by atoms with E-state index in [1.807, 2.05) is 0 Å². The molecule has 13 nitrogen and oxygen atoms in total. The molecular weight excluding hydrogens is 517 g/mol. The van der Waals surface area contributed by atoms with Crippen LogP contribution >= 0.6 is 0 Å². The van der Waals surface area contributed by atoms with E-state index in [-0.39, 0.29) is 38.2 Å². The van der Waals surface area contributed by atoms with Gasteiger partial charge in [-0.25, -0.2) is 0 Å². The summed E-state index contributed by atoms with van der Waals surface area (Å²) >= 11 is 0. The first-order valence-corrected chi connectivity index (χ1v) is 13.9. The Labute approximate surface area is 229 Å². The second-order valence-electron chi connectivity index (χ2n) is 11.4. The largest absolute Gasteiger partial charge is 0.388 e. The van der Waals surface area contributed by atoms with Gasteiger partial charge in [0.25, 0.3) is 0 Å². The minimum atomic E-state index is -1.37. The van der Waals surface area contributed by atoms with Crippen LogP contribution < -0.4 is 22.5 Å². The summed E-state index contributed by atoms with van der Waals surface area (Å²) in [6.45, 7) is 2.53. The number of unbranched alkanes of at least 4 members (excludes halogenated alkanes) is 1. The van der Waals surface area contributed by atoms with Crippen molar-refractivity contribution in [1.29, 1.82) is 5.41 Å². The highest BCUT2D eigenvalue weighted by Crippen LogP contribution is 2.34. The van der Waals surface area contributed by atoms with Gasteiger partial charge in [0.05, 0.1) is 37.1 Å². The number of aliphatic hydroxyl groups is 4. The summed E-state index contributed by atoms with van der Waals surface area (Å²) in [6, 6.07) is -1.97. The van der Waals surface area contributed by atoms with Gasteiger partial charge in [-0.15, -0.1) is 0 Å². The fourth-order valence-corrected chi connectivity index (χ4v) is 5.35. The first-order chi connectivity index (χ1) is 18.4. The normalized spacial score (nSPS) is 44.1. The average molecular weight is 566 g/mol. The minimum Gasteiger partial charge on any atom is -0.388 e. The van der Waals surface area contributed by atoms with Crippen LogP contribution in [0.25, 0.3) is 0 Å². The molecule has 0 aromatic rings. The molecule has 2 aliphatic heterocycles. The molecule has 2 saturated heterocycles. The van der Waals surface area contributed by atoms with Crippen LogP contribution in [0.4, 0.5) is 4.39 Å². The number of halogens is 1. The van der Waals surface area contributed by atoms with Gasteiger partial charge in [-0.3, -0.25) is 9.80 Å². The third kappa shape index (κ3) is 8.04. The van der Waals surface area contributed by atoms with E-state index in [2.05, 4.69) is 5.32 Å². The highest BCUT2D eigenvalue weighted by Gasteiger charge is 2.51. The summed E-state index contributed by atoms with van der Waals surface area (Å²) in [5.74, 6) is -0.872. The average Bonchev–Trinajstić information content (AvgIpc) is 2.89. The number of hydrogen-bond donors (Lipinski definition) is 9. The summed E-state index contributed by atoms with van der Waals surface area (Å²) in [6.07, 6.45) is -4.84. The molecule has 14 heteroatoms. The first-order valence-electron chi connectivity index (χ1n) is 13.9. The van der Waals surface area contributed by atoms with Crippen molar-refractivity contribution in [2.75, 3.05) is 19.8 Å². The lowest BCUT2D eigenvalue weighted by Gasteiger charge is -2.49. The minimum absolute atomic E-state index is 0.105. The summed E-state index contributed by atoms with van der Waals surface area (Å²) in [4.78, 5) is 0. The fraction of sp³-hybridized carbons (Fsp3) is 0.960. The Morgan fingerprint density at radius 2 is 1.82 bits per heavy atom. The molecule has 2 heterocycles. The van der Waals surface area contributed by atoms with Crippen molar-refractivity contribution >= 4 is 5.84 Å². The molecule has 0 radical (unpaired) electrons. The Morgan fingerprint density at radius 3 is 2.49 bits per heavy atom. The molecule has 0 spiro atoms. The zero-order chi connectivity index (χ0) is 28.9. The highest BCUT2D eigenvalue weighted by atomic mass is 19.1. The molecule has 12 N–H and O–H groups in total. The topological polar surface area (TPSA) is 232 Å². The van der Waals surface area contributed by atoms with Gasteiger partial charge in [0, 0.05) is 18.5 Å². The number of aliphatic hydroxyl groups excluding tert-OH is 3. The van der Waals surface area contributed by atoms with Gasteiger partial charge in [-0.1, -0.05) is 6.92 Å². The number of amidine groups is 1. The first kappa shape index (κ1) is 32.5. The number of nitrogens with two attached hydrogens (primary N) is 3. The number of hydrogen-bond acceptors (Lipinski definition) is 12. The number of ether oxygens (including phenoxy) is 4. The van der Waals surface area contributed by atoms with Crippen LogP contribution in [-0.2, 0) is 18.9 Å². The van der Waals surface area contributed by atoms with Gasteiger partial charge in [-0.2, -0.15) is 0 Å². The SMILES string of the molecule is C[C@@H]1C(O)[C@@H](OC2C(O)C(O[C@H]3O[C@H](CCCCF)CCC3N)[C@@H](N)C[C@H]2NC(=N)C(O)CN)OCC1(C)O. The predicted octanol–water partition coefficient (Wildman–Crippen LogP) is -1.82. The molecule has 3 aliphatic rings. The van der Waals surface area contributed by atoms with Crippen LogP contribution in [0.3, 0.4) is 0 Å². The zero-order valence-electron chi connectivity index (χ0n) is 22.8. The Kier molecular flexibility index (Phi) is 11.8. The van der Waals surface area contributed by atoms with Crippen molar-refractivity contribution in [3.8, 4) is 0 Å². The molecule has 228 valence electrons. The van der Waals surface area contributed by atoms with E-state index in [0.717, 1.165) is 6.42 Å². The third-order valence-corrected chi connectivity index (χ3v) is 8.22. The number of nitrogens with one attached hydrogen (secondary N) is 2. The smallest absolute Gasteiger partial charge is 0.184 e. The monoisotopic (exact) mass is 565 g/mol. The van der Waals surface area contributed by atoms with Crippen molar-refractivity contribution in [2.24, 2.45) is 23.1 Å². The summed E-state index contributed by atoms with van der Waals surface area (Å²) in [5.41, 5.74) is 16.9. The molecule has 0 amide bonds.